The molecule has 3 aromatic carbocycles. The fourth-order valence-corrected chi connectivity index (χ4v) is 7.48. The zero-order valence-corrected chi connectivity index (χ0v) is 32.3. The summed E-state index contributed by atoms with van der Waals surface area (Å²) in [6.07, 6.45) is 1.75. The Bertz CT molecular complexity index is 2360. The van der Waals surface area contributed by atoms with Crippen molar-refractivity contribution < 1.29 is 13.2 Å². The largest absolute Gasteiger partial charge is 0.373 e. The van der Waals surface area contributed by atoms with Crippen molar-refractivity contribution in [1.29, 1.82) is 0 Å². The summed E-state index contributed by atoms with van der Waals surface area (Å²) in [4.78, 5) is 26.5. The zero-order chi connectivity index (χ0) is 39.2. The highest BCUT2D eigenvalue weighted by Gasteiger charge is 2.41. The van der Waals surface area contributed by atoms with Gasteiger partial charge in [-0.05, 0) is 84.8 Å². The van der Waals surface area contributed by atoms with Gasteiger partial charge in [0.25, 0.3) is 0 Å². The van der Waals surface area contributed by atoms with Crippen LogP contribution in [0.2, 0.25) is 5.28 Å². The van der Waals surface area contributed by atoms with Crippen LogP contribution in [0.5, 0.6) is 0 Å². The Kier molecular flexibility index (Phi) is 9.88. The third kappa shape index (κ3) is 7.25. The van der Waals surface area contributed by atoms with E-state index in [0.717, 1.165) is 57.9 Å². The SMILES string of the molecule is CNc1nc(Cc2ccc(-n3ncnc3C)c(F)c2)nc2c1C(C)(C)CN2c1ccc(F)cc1.CNc1nc(Cl)nc2c1C(C)(C)CN2c1ccc(F)cc1. The second-order valence-electron chi connectivity index (χ2n) is 14.8. The molecule has 2 N–H and O–H groups in total. The van der Waals surface area contributed by atoms with E-state index in [1.54, 1.807) is 37.3 Å². The molecule has 0 unspecified atom stereocenters. The summed E-state index contributed by atoms with van der Waals surface area (Å²) in [6, 6.07) is 17.8. The van der Waals surface area contributed by atoms with Crippen molar-refractivity contribution in [3.63, 3.8) is 0 Å². The number of hydrogen-bond acceptors (Lipinski definition) is 10. The Morgan fingerprint density at radius 3 is 1.73 bits per heavy atom. The number of halogens is 4. The van der Waals surface area contributed by atoms with Crippen molar-refractivity contribution >= 4 is 46.2 Å². The Hall–Kier alpha value is -5.76. The Morgan fingerprint density at radius 1 is 0.709 bits per heavy atom. The summed E-state index contributed by atoms with van der Waals surface area (Å²) in [6.45, 7) is 11.7. The van der Waals surface area contributed by atoms with Crippen molar-refractivity contribution in [3.8, 4) is 5.69 Å². The van der Waals surface area contributed by atoms with Crippen LogP contribution >= 0.6 is 11.6 Å². The number of aryl methyl sites for hydroxylation is 1. The predicted octanol–water partition coefficient (Wildman–Crippen LogP) is 8.45. The molecule has 2 aliphatic heterocycles. The van der Waals surface area contributed by atoms with Crippen LogP contribution in [0.1, 0.15) is 56.0 Å². The molecule has 0 saturated carbocycles. The first-order valence-electron chi connectivity index (χ1n) is 17.8. The molecule has 3 aromatic heterocycles. The van der Waals surface area contributed by atoms with E-state index < -0.39 is 5.82 Å². The van der Waals surface area contributed by atoms with Crippen molar-refractivity contribution in [2.75, 3.05) is 47.6 Å². The van der Waals surface area contributed by atoms with E-state index in [1.807, 2.05) is 25.1 Å². The third-order valence-electron chi connectivity index (χ3n) is 9.84. The molecule has 55 heavy (non-hydrogen) atoms. The van der Waals surface area contributed by atoms with Gasteiger partial charge in [0.05, 0.1) is 0 Å². The molecular formula is C40H41ClF3N11. The molecule has 0 radical (unpaired) electrons. The van der Waals surface area contributed by atoms with E-state index in [1.165, 1.54) is 41.3 Å². The molecule has 15 heteroatoms. The molecule has 8 rings (SSSR count). The lowest BCUT2D eigenvalue weighted by molar-refractivity contribution is 0.568. The number of nitrogens with one attached hydrogen (secondary N) is 2. The molecular weight excluding hydrogens is 727 g/mol. The van der Waals surface area contributed by atoms with Crippen molar-refractivity contribution in [2.45, 2.75) is 51.9 Å². The second kappa shape index (κ2) is 14.5. The van der Waals surface area contributed by atoms with Gasteiger partial charge in [-0.2, -0.15) is 10.1 Å². The van der Waals surface area contributed by atoms with Gasteiger partial charge in [-0.3, -0.25) is 0 Å². The summed E-state index contributed by atoms with van der Waals surface area (Å²) in [5.74, 6) is 3.27. The molecule has 2 aliphatic rings. The number of benzene rings is 3. The minimum absolute atomic E-state index is 0.132. The predicted molar refractivity (Wildman–Crippen MR) is 210 cm³/mol. The molecule has 11 nitrogen and oxygen atoms in total. The van der Waals surface area contributed by atoms with Gasteiger partial charge in [0.15, 0.2) is 0 Å². The number of aromatic nitrogens is 7. The molecule has 5 heterocycles. The van der Waals surface area contributed by atoms with Gasteiger partial charge in [-0.25, -0.2) is 37.8 Å². The Balaban J connectivity index is 0.000000190. The minimum Gasteiger partial charge on any atom is -0.373 e. The molecule has 0 saturated heterocycles. The van der Waals surface area contributed by atoms with E-state index in [2.05, 4.69) is 63.3 Å². The van der Waals surface area contributed by atoms with Crippen LogP contribution in [-0.4, -0.2) is 61.9 Å². The van der Waals surface area contributed by atoms with Gasteiger partial charge in [0.2, 0.25) is 5.28 Å². The highest BCUT2D eigenvalue weighted by Crippen LogP contribution is 2.47. The molecule has 6 aromatic rings. The van der Waals surface area contributed by atoms with Crippen molar-refractivity contribution in [2.24, 2.45) is 0 Å². The maximum absolute atomic E-state index is 14.9. The van der Waals surface area contributed by atoms with Crippen LogP contribution < -0.4 is 20.4 Å². The normalized spacial score (nSPS) is 15.0. The lowest BCUT2D eigenvalue weighted by Crippen LogP contribution is -2.25. The third-order valence-corrected chi connectivity index (χ3v) is 10.0. The van der Waals surface area contributed by atoms with Crippen LogP contribution in [0.4, 0.5) is 47.8 Å². The lowest BCUT2D eigenvalue weighted by Gasteiger charge is -2.21. The zero-order valence-electron chi connectivity index (χ0n) is 31.6. The minimum atomic E-state index is -0.393. The number of hydrogen-bond donors (Lipinski definition) is 2. The maximum Gasteiger partial charge on any atom is 0.226 e. The quantitative estimate of drug-likeness (QED) is 0.154. The summed E-state index contributed by atoms with van der Waals surface area (Å²) >= 11 is 6.03. The first-order chi connectivity index (χ1) is 26.2. The molecule has 284 valence electrons. The maximum atomic E-state index is 14.9. The van der Waals surface area contributed by atoms with Gasteiger partial charge in [0.1, 0.15) is 64.4 Å². The van der Waals surface area contributed by atoms with Crippen LogP contribution in [-0.2, 0) is 17.3 Å². The molecule has 0 atom stereocenters. The van der Waals surface area contributed by atoms with E-state index in [-0.39, 0.29) is 27.7 Å². The fraction of sp³-hybridized carbons (Fsp3) is 0.300. The van der Waals surface area contributed by atoms with Crippen LogP contribution in [0, 0.1) is 24.4 Å². The lowest BCUT2D eigenvalue weighted by atomic mass is 9.88. The number of nitrogens with zero attached hydrogens (tertiary/aromatic N) is 9. The van der Waals surface area contributed by atoms with Crippen molar-refractivity contribution in [3.05, 3.63) is 124 Å². The van der Waals surface area contributed by atoms with Crippen LogP contribution in [0.3, 0.4) is 0 Å². The van der Waals surface area contributed by atoms with Crippen LogP contribution in [0.15, 0.2) is 73.1 Å². The van der Waals surface area contributed by atoms with E-state index in [9.17, 15) is 13.2 Å². The smallest absolute Gasteiger partial charge is 0.226 e. The first kappa shape index (κ1) is 37.6. The summed E-state index contributed by atoms with van der Waals surface area (Å²) in [7, 11) is 3.65. The summed E-state index contributed by atoms with van der Waals surface area (Å²) < 4.78 is 43.0. The summed E-state index contributed by atoms with van der Waals surface area (Å²) in [5, 5.41) is 10.6. The van der Waals surface area contributed by atoms with Gasteiger partial charge >= 0.3 is 0 Å². The topological polar surface area (TPSA) is 113 Å². The van der Waals surface area contributed by atoms with Gasteiger partial charge < -0.3 is 20.4 Å². The number of fused-ring (bicyclic) bond motifs is 2. The van der Waals surface area contributed by atoms with Crippen molar-refractivity contribution in [1.82, 2.24) is 34.7 Å². The molecule has 0 fully saturated rings. The second-order valence-corrected chi connectivity index (χ2v) is 15.1. The molecule has 0 spiro atoms. The average molecular weight is 768 g/mol. The highest BCUT2D eigenvalue weighted by atomic mass is 35.5. The molecule has 0 aliphatic carbocycles. The molecule has 0 bridgehead atoms. The van der Waals surface area contributed by atoms with Crippen LogP contribution in [0.25, 0.3) is 5.69 Å². The number of rotatable bonds is 7. The van der Waals surface area contributed by atoms with E-state index >= 15 is 0 Å². The fourth-order valence-electron chi connectivity index (χ4n) is 7.31. The van der Waals surface area contributed by atoms with E-state index in [0.29, 0.717) is 30.3 Å². The van der Waals surface area contributed by atoms with Gasteiger partial charge in [-0.15, -0.1) is 0 Å². The Morgan fingerprint density at radius 2 is 1.24 bits per heavy atom. The monoisotopic (exact) mass is 767 g/mol. The van der Waals surface area contributed by atoms with Gasteiger partial charge in [0, 0.05) is 66.9 Å². The summed E-state index contributed by atoms with van der Waals surface area (Å²) in [5.41, 5.74) is 4.51. The Labute approximate surface area is 322 Å². The standard InChI is InChI=1S/C25H25F2N7.C15H16ClFN4/c1-15-29-14-30-34(15)20-10-5-16(11-19(20)27)12-21-31-23(28-4)22-24(32-21)33(13-25(22,2)3)18-8-6-17(26)7-9-18;1-15(2)8-21(10-6-4-9(17)5-7-10)13-11(15)12(18-3)19-14(16)20-13/h5-11,14H,12-13H2,1-4H3,(H,28,31,32);4-7H,8H2,1-3H3,(H,18,19,20). The average Bonchev–Trinajstić information content (AvgIpc) is 3.78. The van der Waals surface area contributed by atoms with Gasteiger partial charge in [-0.1, -0.05) is 33.8 Å². The molecule has 0 amide bonds. The van der Waals surface area contributed by atoms with E-state index in [4.69, 9.17) is 21.6 Å². The number of anilines is 6. The first-order valence-corrected chi connectivity index (χ1v) is 18.1. The highest BCUT2D eigenvalue weighted by molar-refractivity contribution is 6.28.